The predicted molar refractivity (Wildman–Crippen MR) is 190 cm³/mol. The van der Waals surface area contributed by atoms with Gasteiger partial charge in [0.15, 0.2) is 0 Å². The molecule has 2 aliphatic rings. The monoisotopic (exact) mass is 678 g/mol. The van der Waals surface area contributed by atoms with E-state index in [1.54, 1.807) is 0 Å². The minimum Gasteiger partial charge on any atom is -0.184 e. The molecule has 4 aromatic rings. The van der Waals surface area contributed by atoms with Crippen LogP contribution in [0.25, 0.3) is 21.5 Å². The van der Waals surface area contributed by atoms with Crippen molar-refractivity contribution in [3.8, 4) is 0 Å². The Morgan fingerprint density at radius 3 is 1.45 bits per heavy atom. The van der Waals surface area contributed by atoms with Gasteiger partial charge in [-0.15, -0.1) is 71.0 Å². The molecule has 0 aromatic heterocycles. The molecule has 0 unspecified atom stereocenters. The first-order chi connectivity index (χ1) is 19.2. The minimum atomic E-state index is 0. The first-order valence-electron chi connectivity index (χ1n) is 14.6. The summed E-state index contributed by atoms with van der Waals surface area (Å²) in [4.78, 5) is 0. The van der Waals surface area contributed by atoms with E-state index in [2.05, 4.69) is 113 Å². The quantitative estimate of drug-likeness (QED) is 0.162. The summed E-state index contributed by atoms with van der Waals surface area (Å²) in [6, 6.07) is 28.7. The summed E-state index contributed by atoms with van der Waals surface area (Å²) in [5.41, 5.74) is 3.21. The molecule has 0 saturated heterocycles. The molecule has 0 spiro atoms. The van der Waals surface area contributed by atoms with Gasteiger partial charge in [-0.25, -0.2) is 12.2 Å². The van der Waals surface area contributed by atoms with Crippen molar-refractivity contribution in [2.24, 2.45) is 0 Å². The smallest absolute Gasteiger partial charge is 0.171 e. The number of rotatable bonds is 0. The molecule has 228 valence electrons. The third-order valence-corrected chi connectivity index (χ3v) is 6.95. The van der Waals surface area contributed by atoms with Crippen LogP contribution < -0.4 is 0 Å². The summed E-state index contributed by atoms with van der Waals surface area (Å²) in [6.45, 7) is 13.6. The minimum absolute atomic E-state index is 0. The van der Waals surface area contributed by atoms with Gasteiger partial charge in [0.1, 0.15) is 0 Å². The molecular formula is C39H50Cl2Zr-4. The van der Waals surface area contributed by atoms with Gasteiger partial charge in [-0.05, 0) is 10.8 Å². The maximum absolute atomic E-state index is 3.34. The summed E-state index contributed by atoms with van der Waals surface area (Å²) >= 11 is 1.30. The van der Waals surface area contributed by atoms with Gasteiger partial charge in [-0.3, -0.25) is 6.08 Å². The Hall–Kier alpha value is -1.66. The summed E-state index contributed by atoms with van der Waals surface area (Å²) in [5.74, 6) is 0. The summed E-state index contributed by atoms with van der Waals surface area (Å²) in [7, 11) is 0. The first-order valence-corrected chi connectivity index (χ1v) is 16.3. The molecular weight excluding hydrogens is 631 g/mol. The number of hydrogen-bond acceptors (Lipinski definition) is 0. The number of benzene rings is 3. The van der Waals surface area contributed by atoms with E-state index >= 15 is 0 Å². The van der Waals surface area contributed by atoms with Crippen LogP contribution in [0.15, 0.2) is 91.0 Å². The maximum atomic E-state index is 3.34. The van der Waals surface area contributed by atoms with Crippen LogP contribution >= 0.6 is 24.8 Å². The van der Waals surface area contributed by atoms with Gasteiger partial charge in [0.2, 0.25) is 0 Å². The molecule has 0 aliphatic heterocycles. The number of allylic oxidation sites excluding steroid dienone is 4. The van der Waals surface area contributed by atoms with Crippen molar-refractivity contribution < 1.29 is 24.2 Å². The Morgan fingerprint density at radius 1 is 0.714 bits per heavy atom. The predicted octanol–water partition coefficient (Wildman–Crippen LogP) is 12.1. The van der Waals surface area contributed by atoms with Crippen molar-refractivity contribution in [1.82, 2.24) is 0 Å². The molecule has 3 heteroatoms. The Balaban J connectivity index is 0.000000651. The summed E-state index contributed by atoms with van der Waals surface area (Å²) < 4.78 is 3.34. The van der Waals surface area contributed by atoms with E-state index in [0.29, 0.717) is 0 Å². The van der Waals surface area contributed by atoms with Gasteiger partial charge in [-0.1, -0.05) is 96.2 Å². The van der Waals surface area contributed by atoms with E-state index in [-0.39, 0.29) is 35.6 Å². The molecule has 42 heavy (non-hydrogen) atoms. The molecule has 0 nitrogen and oxygen atoms in total. The van der Waals surface area contributed by atoms with Gasteiger partial charge in [0.05, 0.1) is 0 Å². The third-order valence-electron chi connectivity index (χ3n) is 6.95. The molecule has 0 N–H and O–H groups in total. The van der Waals surface area contributed by atoms with Crippen LogP contribution in [0.1, 0.15) is 91.2 Å². The molecule has 0 atom stereocenters. The Bertz CT molecular complexity index is 1200. The fourth-order valence-electron chi connectivity index (χ4n) is 4.54. The average molecular weight is 681 g/mol. The Morgan fingerprint density at radius 2 is 1.21 bits per heavy atom. The van der Waals surface area contributed by atoms with E-state index in [1.165, 1.54) is 89.0 Å². The molecule has 0 amide bonds. The van der Waals surface area contributed by atoms with E-state index in [1.807, 2.05) is 42.5 Å². The zero-order chi connectivity index (χ0) is 29.4. The van der Waals surface area contributed by atoms with Crippen LogP contribution in [0.2, 0.25) is 0 Å². The fraction of sp³-hybridized carbons (Fsp3) is 0.359. The number of hydrogen-bond donors (Lipinski definition) is 0. The van der Waals surface area contributed by atoms with Crippen molar-refractivity contribution in [1.29, 1.82) is 0 Å². The van der Waals surface area contributed by atoms with Crippen molar-refractivity contribution in [2.75, 3.05) is 0 Å². The van der Waals surface area contributed by atoms with Crippen LogP contribution in [0.3, 0.4) is 0 Å². The van der Waals surface area contributed by atoms with E-state index in [9.17, 15) is 0 Å². The number of fused-ring (bicyclic) bond motifs is 3. The molecule has 6 rings (SSSR count). The fourth-order valence-corrected chi connectivity index (χ4v) is 4.54. The maximum Gasteiger partial charge on any atom is -0.171 e. The molecule has 4 aromatic carbocycles. The normalized spacial score (nSPS) is 13.4. The third kappa shape index (κ3) is 14.2. The molecule has 1 fully saturated rings. The molecule has 0 heterocycles. The standard InChI is InChI=1S/C21H25.C6H11.C6H5.C5H5.CH2.2ClH.Zr/c1-20(2,3)16-7-9-18-14(12-16)11-15-13-17(21(4,5)6)8-10-19(15)18;2*1-2-4-6-5-3-1;1-2-4-5-3-1;;;;/h7-13H,1-6H3;1H,2-6H2;1-5H;1-3H,4H2;1H2;2*1H;/q4*-1;;;;. The Kier molecular flexibility index (Phi) is 20.3. The Labute approximate surface area is 284 Å². The summed E-state index contributed by atoms with van der Waals surface area (Å²) in [6.07, 6.45) is 19.5. The second-order valence-electron chi connectivity index (χ2n) is 12.3. The van der Waals surface area contributed by atoms with Crippen molar-refractivity contribution >= 4 is 50.6 Å². The zero-order valence-corrected chi connectivity index (χ0v) is 30.6. The van der Waals surface area contributed by atoms with E-state index < -0.39 is 0 Å². The summed E-state index contributed by atoms with van der Waals surface area (Å²) in [5, 5.41) is 5.48. The van der Waals surface area contributed by atoms with Crippen LogP contribution in [0.5, 0.6) is 0 Å². The average Bonchev–Trinajstić information content (AvgIpc) is 3.67. The molecule has 1 saturated carbocycles. The van der Waals surface area contributed by atoms with Crippen molar-refractivity contribution in [3.05, 3.63) is 121 Å². The SMILES string of the molecule is CC(C)(C)c1ccc2c(c1)[cH-]c1cc(C(C)(C)C)ccc12.Cl.Cl.[C-]1=CC=CC1.[CH-]1CCCCC1.[CH2]=[Zr].[c-]1ccccc1. The van der Waals surface area contributed by atoms with E-state index in [4.69, 9.17) is 0 Å². The second-order valence-corrected chi connectivity index (χ2v) is 12.3. The molecule has 0 bridgehead atoms. The van der Waals surface area contributed by atoms with Crippen LogP contribution in [0, 0.1) is 18.6 Å². The van der Waals surface area contributed by atoms with Crippen LogP contribution in [0.4, 0.5) is 0 Å². The van der Waals surface area contributed by atoms with Crippen molar-refractivity contribution in [2.45, 2.75) is 90.9 Å². The van der Waals surface area contributed by atoms with E-state index in [0.717, 1.165) is 6.42 Å². The molecule has 0 radical (unpaired) electrons. The topological polar surface area (TPSA) is 0 Å². The van der Waals surface area contributed by atoms with Gasteiger partial charge >= 0.3 is 28.4 Å². The number of halogens is 2. The largest absolute Gasteiger partial charge is 0.184 e. The van der Waals surface area contributed by atoms with Crippen molar-refractivity contribution in [3.63, 3.8) is 0 Å². The first kappa shape index (κ1) is 40.3. The van der Waals surface area contributed by atoms with Gasteiger partial charge in [-0.2, -0.15) is 55.3 Å². The van der Waals surface area contributed by atoms with Crippen LogP contribution in [-0.4, -0.2) is 4.21 Å². The van der Waals surface area contributed by atoms with Gasteiger partial charge < -0.3 is 6.42 Å². The second kappa shape index (κ2) is 21.1. The molecule has 2 aliphatic carbocycles. The zero-order valence-electron chi connectivity index (χ0n) is 26.5. The van der Waals surface area contributed by atoms with Crippen LogP contribution in [-0.2, 0) is 35.1 Å². The van der Waals surface area contributed by atoms with Gasteiger partial charge in [0, 0.05) is 0 Å². The van der Waals surface area contributed by atoms with Gasteiger partial charge in [0.25, 0.3) is 0 Å².